The second-order valence-corrected chi connectivity index (χ2v) is 1.38. The molecule has 0 aromatic heterocycles. The molecule has 0 aliphatic rings. The van der Waals surface area contributed by atoms with Gasteiger partial charge in [0.25, 0.3) is 0 Å². The quantitative estimate of drug-likeness (QED) is 0.739. The van der Waals surface area contributed by atoms with Gasteiger partial charge in [-0.15, -0.1) is 6.54 Å². The molecule has 1 N–H and O–H groups in total. The van der Waals surface area contributed by atoms with Crippen molar-refractivity contribution in [3.8, 4) is 0 Å². The first-order valence-electron chi connectivity index (χ1n) is 2.26. The summed E-state index contributed by atoms with van der Waals surface area (Å²) in [6.07, 6.45) is 0. The third kappa shape index (κ3) is 9.58. The standard InChI is InChI=1S/C5H10NO.W/c1-3-6-4-5(2)7;/h6H,1,3-4H2,2H3;/q-1;+2. The minimum Gasteiger partial charge on any atom is -0.340 e. The van der Waals surface area contributed by atoms with Crippen LogP contribution in [-0.4, -0.2) is 18.9 Å². The molecule has 0 bridgehead atoms. The Labute approximate surface area is 64.3 Å². The van der Waals surface area contributed by atoms with Gasteiger partial charge in [-0.3, -0.25) is 4.79 Å². The van der Waals surface area contributed by atoms with Crippen LogP contribution in [-0.2, 0) is 25.9 Å². The molecule has 46 valence electrons. The van der Waals surface area contributed by atoms with Gasteiger partial charge < -0.3 is 12.2 Å². The van der Waals surface area contributed by atoms with Gasteiger partial charge in [-0.2, -0.15) is 0 Å². The number of hydrogen-bond acceptors (Lipinski definition) is 2. The second-order valence-electron chi connectivity index (χ2n) is 1.38. The van der Waals surface area contributed by atoms with Crippen LogP contribution in [0.3, 0.4) is 0 Å². The van der Waals surface area contributed by atoms with Crippen LogP contribution < -0.4 is 5.32 Å². The second kappa shape index (κ2) is 7.32. The summed E-state index contributed by atoms with van der Waals surface area (Å²) >= 11 is 0. The molecule has 0 heterocycles. The first-order valence-corrected chi connectivity index (χ1v) is 2.26. The van der Waals surface area contributed by atoms with Gasteiger partial charge in [0.1, 0.15) is 5.78 Å². The maximum Gasteiger partial charge on any atom is 2.00 e. The van der Waals surface area contributed by atoms with Crippen LogP contribution >= 0.6 is 0 Å². The van der Waals surface area contributed by atoms with E-state index in [1.165, 1.54) is 0 Å². The van der Waals surface area contributed by atoms with Gasteiger partial charge in [0.2, 0.25) is 0 Å². The van der Waals surface area contributed by atoms with Crippen molar-refractivity contribution >= 4 is 5.78 Å². The van der Waals surface area contributed by atoms with E-state index in [2.05, 4.69) is 12.2 Å². The molecule has 0 saturated heterocycles. The van der Waals surface area contributed by atoms with Gasteiger partial charge in [-0.05, 0) is 6.92 Å². The van der Waals surface area contributed by atoms with Crippen LogP contribution in [0.4, 0.5) is 0 Å². The van der Waals surface area contributed by atoms with Crippen LogP contribution in [0, 0.1) is 6.92 Å². The maximum atomic E-state index is 10.1. The van der Waals surface area contributed by atoms with Gasteiger partial charge >= 0.3 is 21.1 Å². The molecule has 0 aromatic rings. The van der Waals surface area contributed by atoms with E-state index in [-0.39, 0.29) is 26.8 Å². The molecule has 0 aliphatic carbocycles. The molecule has 0 unspecified atom stereocenters. The minimum absolute atomic E-state index is 0. The van der Waals surface area contributed by atoms with Crippen molar-refractivity contribution in [3.05, 3.63) is 6.92 Å². The summed E-state index contributed by atoms with van der Waals surface area (Å²) in [5.41, 5.74) is 0. The molecule has 0 spiro atoms. The number of Topliss-reactive ketones (excluding diaryl/α,β-unsaturated/α-hetero) is 1. The van der Waals surface area contributed by atoms with Gasteiger partial charge in [-0.25, -0.2) is 0 Å². The predicted molar refractivity (Wildman–Crippen MR) is 28.9 cm³/mol. The summed E-state index contributed by atoms with van der Waals surface area (Å²) in [5.74, 6) is 0.156. The molecule has 0 amide bonds. The van der Waals surface area contributed by atoms with E-state index < -0.39 is 0 Å². The van der Waals surface area contributed by atoms with Crippen molar-refractivity contribution in [2.75, 3.05) is 13.1 Å². The van der Waals surface area contributed by atoms with Gasteiger partial charge in [0.15, 0.2) is 0 Å². The van der Waals surface area contributed by atoms with Crippen LogP contribution in [0.15, 0.2) is 0 Å². The zero-order valence-corrected chi connectivity index (χ0v) is 7.87. The van der Waals surface area contributed by atoms with E-state index in [4.69, 9.17) is 0 Å². The average Bonchev–Trinajstić information content (AvgIpc) is 1.61. The monoisotopic (exact) mass is 284 g/mol. The number of carbonyl (C=O) groups is 1. The fraction of sp³-hybridized carbons (Fsp3) is 0.600. The molecule has 0 rings (SSSR count). The molecule has 3 heteroatoms. The van der Waals surface area contributed by atoms with E-state index in [0.29, 0.717) is 13.1 Å². The summed E-state index contributed by atoms with van der Waals surface area (Å²) in [4.78, 5) is 10.1. The Morgan fingerprint density at radius 2 is 2.25 bits per heavy atom. The first kappa shape index (κ1) is 11.2. The number of hydrogen-bond donors (Lipinski definition) is 1. The Bertz CT molecular complexity index is 65.4. The zero-order valence-electron chi connectivity index (χ0n) is 4.94. The van der Waals surface area contributed by atoms with Gasteiger partial charge in [0.05, 0.1) is 6.54 Å². The summed E-state index contributed by atoms with van der Waals surface area (Å²) in [7, 11) is 0. The molecule has 0 atom stereocenters. The Kier molecular flexibility index (Phi) is 10.2. The molecule has 0 radical (unpaired) electrons. The third-order valence-corrected chi connectivity index (χ3v) is 0.551. The maximum absolute atomic E-state index is 10.1. The van der Waals surface area contributed by atoms with E-state index in [9.17, 15) is 4.79 Å². The Morgan fingerprint density at radius 1 is 1.75 bits per heavy atom. The summed E-state index contributed by atoms with van der Waals surface area (Å²) < 4.78 is 0. The smallest absolute Gasteiger partial charge is 0.340 e. The number of nitrogens with one attached hydrogen (secondary N) is 1. The Morgan fingerprint density at radius 3 is 2.38 bits per heavy atom. The molecular formula is C5H10NOW+. The largest absolute Gasteiger partial charge is 2.00 e. The van der Waals surface area contributed by atoms with Crippen LogP contribution in [0.2, 0.25) is 0 Å². The molecule has 0 fully saturated rings. The third-order valence-electron chi connectivity index (χ3n) is 0.551. The van der Waals surface area contributed by atoms with E-state index in [1.54, 1.807) is 6.92 Å². The van der Waals surface area contributed by atoms with Crippen LogP contribution in [0.25, 0.3) is 0 Å². The summed E-state index contributed by atoms with van der Waals surface area (Å²) in [6, 6.07) is 0. The molecule has 0 saturated carbocycles. The number of ketones is 1. The van der Waals surface area contributed by atoms with Crippen molar-refractivity contribution in [1.29, 1.82) is 0 Å². The minimum atomic E-state index is 0. The molecule has 8 heavy (non-hydrogen) atoms. The Hall–Kier alpha value is 0.318. The summed E-state index contributed by atoms with van der Waals surface area (Å²) in [5, 5.41) is 2.79. The van der Waals surface area contributed by atoms with Crippen molar-refractivity contribution in [3.63, 3.8) is 0 Å². The molecule has 2 nitrogen and oxygen atoms in total. The molecule has 0 aliphatic heterocycles. The van der Waals surface area contributed by atoms with Crippen molar-refractivity contribution in [2.24, 2.45) is 0 Å². The van der Waals surface area contributed by atoms with E-state index >= 15 is 0 Å². The summed E-state index contributed by atoms with van der Waals surface area (Å²) in [6.45, 7) is 6.11. The SMILES string of the molecule is [CH2-]CNCC(C)=O.[W+2]. The topological polar surface area (TPSA) is 29.1 Å². The van der Waals surface area contributed by atoms with Gasteiger partial charge in [0, 0.05) is 0 Å². The Balaban J connectivity index is 0. The van der Waals surface area contributed by atoms with Gasteiger partial charge in [-0.1, -0.05) is 0 Å². The fourth-order valence-electron chi connectivity index (χ4n) is 0.264. The predicted octanol–water partition coefficient (Wildman–Crippen LogP) is -0.00341. The van der Waals surface area contributed by atoms with Crippen molar-refractivity contribution in [2.45, 2.75) is 6.92 Å². The average molecular weight is 284 g/mol. The van der Waals surface area contributed by atoms with Crippen molar-refractivity contribution < 1.29 is 25.9 Å². The van der Waals surface area contributed by atoms with Crippen molar-refractivity contribution in [1.82, 2.24) is 5.32 Å². The normalized spacial score (nSPS) is 7.75. The zero-order chi connectivity index (χ0) is 5.70. The number of carbonyl (C=O) groups excluding carboxylic acids is 1. The van der Waals surface area contributed by atoms with E-state index in [1.807, 2.05) is 0 Å². The first-order chi connectivity index (χ1) is 3.27. The van der Waals surface area contributed by atoms with E-state index in [0.717, 1.165) is 0 Å². The van der Waals surface area contributed by atoms with Crippen LogP contribution in [0.5, 0.6) is 0 Å². The van der Waals surface area contributed by atoms with Crippen LogP contribution in [0.1, 0.15) is 6.92 Å². The number of rotatable bonds is 3. The molecular weight excluding hydrogens is 274 g/mol. The molecule has 0 aromatic carbocycles. The fourth-order valence-corrected chi connectivity index (χ4v) is 0.264.